The first-order valence-electron chi connectivity index (χ1n) is 9.68. The van der Waals surface area contributed by atoms with Gasteiger partial charge in [0.2, 0.25) is 11.9 Å². The minimum Gasteiger partial charge on any atom is -0.320 e. The molecule has 3 heterocycles. The van der Waals surface area contributed by atoms with Crippen LogP contribution in [-0.4, -0.2) is 97.0 Å². The molecule has 1 aromatic carbocycles. The van der Waals surface area contributed by atoms with Crippen molar-refractivity contribution in [2.75, 3.05) is 38.0 Å². The lowest BCUT2D eigenvalue weighted by Crippen LogP contribution is -2.59. The number of benzene rings is 1. The smallest absolute Gasteiger partial charge is 0.240 e. The zero-order chi connectivity index (χ0) is 21.3. The first kappa shape index (κ1) is 20.6. The second-order valence-electron chi connectivity index (χ2n) is 7.57. The lowest BCUT2D eigenvalue weighted by Gasteiger charge is -2.43. The Morgan fingerprint density at radius 1 is 1.13 bits per heavy atom. The number of piperazine rings is 1. The molecule has 0 spiro atoms. The highest BCUT2D eigenvalue weighted by Gasteiger charge is 2.25. The molecule has 0 bridgehead atoms. The molecule has 2 aromatic heterocycles. The standard InChI is InChI=1S/C19H20B3N7O/c1-27-11-15(10-24-27)13-2-3-14-9-23-18(25-16(14)8-13)26-17(30)12-28-4-6-29(7-5-28)19(20,21)22/h2-3,8-11H,4-7,12H2,1H3,(H,23,25,26,30). The van der Waals surface area contributed by atoms with Crippen LogP contribution in [0.15, 0.2) is 36.8 Å². The minimum atomic E-state index is -1.33. The monoisotopic (exact) mass is 395 g/mol. The number of fused-ring (bicyclic) bond motifs is 1. The number of rotatable bonds is 5. The van der Waals surface area contributed by atoms with E-state index in [1.54, 1.807) is 22.0 Å². The lowest BCUT2D eigenvalue weighted by atomic mass is 9.48. The van der Waals surface area contributed by atoms with Gasteiger partial charge >= 0.3 is 0 Å². The summed E-state index contributed by atoms with van der Waals surface area (Å²) in [6, 6.07) is 5.91. The largest absolute Gasteiger partial charge is 0.320 e. The van der Waals surface area contributed by atoms with Gasteiger partial charge in [0.15, 0.2) is 0 Å². The Balaban J connectivity index is 1.40. The van der Waals surface area contributed by atoms with E-state index in [1.807, 2.05) is 36.3 Å². The van der Waals surface area contributed by atoms with Crippen LogP contribution in [0.25, 0.3) is 22.0 Å². The Hall–Kier alpha value is -2.65. The summed E-state index contributed by atoms with van der Waals surface area (Å²) in [6.07, 6.45) is 5.44. The number of hydrogen-bond acceptors (Lipinski definition) is 6. The highest BCUT2D eigenvalue weighted by atomic mass is 16.2. The number of amides is 1. The average Bonchev–Trinajstić information content (AvgIpc) is 3.13. The molecule has 1 amide bonds. The molecule has 1 aliphatic heterocycles. The predicted octanol–water partition coefficient (Wildman–Crippen LogP) is -0.297. The molecule has 0 atom stereocenters. The van der Waals surface area contributed by atoms with E-state index in [2.05, 4.69) is 20.4 Å². The van der Waals surface area contributed by atoms with Crippen molar-refractivity contribution >= 4 is 46.3 Å². The van der Waals surface area contributed by atoms with Crippen molar-refractivity contribution in [3.63, 3.8) is 0 Å². The maximum atomic E-state index is 12.5. The number of carbonyl (C=O) groups is 1. The van der Waals surface area contributed by atoms with Gasteiger partial charge in [-0.15, -0.1) is 0 Å². The van der Waals surface area contributed by atoms with Crippen LogP contribution >= 0.6 is 0 Å². The lowest BCUT2D eigenvalue weighted by molar-refractivity contribution is -0.117. The first-order chi connectivity index (χ1) is 14.3. The number of anilines is 1. The van der Waals surface area contributed by atoms with Crippen molar-refractivity contribution in [1.29, 1.82) is 0 Å². The van der Waals surface area contributed by atoms with Gasteiger partial charge in [0.1, 0.15) is 0 Å². The highest BCUT2D eigenvalue weighted by molar-refractivity contribution is 6.59. The Morgan fingerprint density at radius 2 is 1.90 bits per heavy atom. The predicted molar refractivity (Wildman–Crippen MR) is 118 cm³/mol. The SMILES string of the molecule is [B]C([B])([B])N1CCN(CC(=O)Nc2ncc3ccc(-c4cnn(C)c4)cc3n2)CC1. The summed E-state index contributed by atoms with van der Waals surface area (Å²) in [5.74, 6) is 0.102. The second kappa shape index (κ2) is 8.24. The molecule has 11 heteroatoms. The van der Waals surface area contributed by atoms with E-state index in [-0.39, 0.29) is 18.4 Å². The normalized spacial score (nSPS) is 16.0. The fraction of sp³-hybridized carbons (Fsp3) is 0.368. The molecular weight excluding hydrogens is 375 g/mol. The van der Waals surface area contributed by atoms with E-state index in [0.717, 1.165) is 22.0 Å². The van der Waals surface area contributed by atoms with Gasteiger partial charge in [-0.25, -0.2) is 9.97 Å². The third-order valence-electron chi connectivity index (χ3n) is 5.16. The maximum Gasteiger partial charge on any atom is 0.240 e. The van der Waals surface area contributed by atoms with Gasteiger partial charge in [-0.05, 0) is 11.6 Å². The van der Waals surface area contributed by atoms with Gasteiger partial charge in [-0.2, -0.15) is 5.10 Å². The van der Waals surface area contributed by atoms with Crippen LogP contribution < -0.4 is 5.32 Å². The summed E-state index contributed by atoms with van der Waals surface area (Å²) >= 11 is 0. The fourth-order valence-corrected chi connectivity index (χ4v) is 3.49. The number of aryl methyl sites for hydroxylation is 1. The van der Waals surface area contributed by atoms with Crippen molar-refractivity contribution < 1.29 is 4.79 Å². The Bertz CT molecular complexity index is 1060. The zero-order valence-electron chi connectivity index (χ0n) is 16.8. The van der Waals surface area contributed by atoms with E-state index in [0.29, 0.717) is 26.2 Å². The van der Waals surface area contributed by atoms with Gasteiger partial charge in [-0.1, -0.05) is 17.4 Å². The van der Waals surface area contributed by atoms with Gasteiger partial charge in [-0.3, -0.25) is 19.7 Å². The molecule has 6 radical (unpaired) electrons. The van der Waals surface area contributed by atoms with E-state index in [1.165, 1.54) is 0 Å². The van der Waals surface area contributed by atoms with E-state index in [4.69, 9.17) is 23.5 Å². The van der Waals surface area contributed by atoms with Crippen molar-refractivity contribution in [2.45, 2.75) is 5.24 Å². The van der Waals surface area contributed by atoms with Gasteiger partial charge in [0.25, 0.3) is 0 Å². The quantitative estimate of drug-likeness (QED) is 0.599. The van der Waals surface area contributed by atoms with Crippen LogP contribution in [0.4, 0.5) is 5.95 Å². The molecular formula is C19H20B3N7O. The van der Waals surface area contributed by atoms with Gasteiger partial charge < -0.3 is 4.90 Å². The van der Waals surface area contributed by atoms with E-state index in [9.17, 15) is 4.79 Å². The van der Waals surface area contributed by atoms with Crippen LogP contribution in [0.3, 0.4) is 0 Å². The van der Waals surface area contributed by atoms with Crippen LogP contribution in [-0.2, 0) is 11.8 Å². The third-order valence-corrected chi connectivity index (χ3v) is 5.16. The zero-order valence-corrected chi connectivity index (χ0v) is 16.8. The summed E-state index contributed by atoms with van der Waals surface area (Å²) < 4.78 is 1.75. The summed E-state index contributed by atoms with van der Waals surface area (Å²) in [5.41, 5.74) is 2.75. The first-order valence-corrected chi connectivity index (χ1v) is 9.68. The van der Waals surface area contributed by atoms with Crippen LogP contribution in [0.2, 0.25) is 0 Å². The molecule has 0 unspecified atom stereocenters. The second-order valence-corrected chi connectivity index (χ2v) is 7.57. The molecule has 30 heavy (non-hydrogen) atoms. The number of nitrogens with zero attached hydrogens (tertiary/aromatic N) is 6. The fourth-order valence-electron chi connectivity index (χ4n) is 3.49. The van der Waals surface area contributed by atoms with Crippen LogP contribution in [0.5, 0.6) is 0 Å². The molecule has 1 aliphatic rings. The van der Waals surface area contributed by atoms with E-state index >= 15 is 0 Å². The highest BCUT2D eigenvalue weighted by Crippen LogP contribution is 2.23. The third kappa shape index (κ3) is 4.74. The molecule has 3 aromatic rings. The van der Waals surface area contributed by atoms with Crippen molar-refractivity contribution in [2.24, 2.45) is 7.05 Å². The van der Waals surface area contributed by atoms with Crippen LogP contribution in [0, 0.1) is 0 Å². The Labute approximate surface area is 179 Å². The summed E-state index contributed by atoms with van der Waals surface area (Å²) in [7, 11) is 19.0. The number of carbonyl (C=O) groups excluding carboxylic acids is 1. The molecule has 1 saturated heterocycles. The van der Waals surface area contributed by atoms with Crippen molar-refractivity contribution in [3.05, 3.63) is 36.8 Å². The minimum absolute atomic E-state index is 0.175. The van der Waals surface area contributed by atoms with Crippen molar-refractivity contribution in [1.82, 2.24) is 29.5 Å². The van der Waals surface area contributed by atoms with Crippen molar-refractivity contribution in [3.8, 4) is 11.1 Å². The molecule has 0 aliphatic carbocycles. The number of nitrogens with one attached hydrogen (secondary N) is 1. The maximum absolute atomic E-state index is 12.5. The number of aromatic nitrogens is 4. The molecule has 146 valence electrons. The van der Waals surface area contributed by atoms with Crippen LogP contribution in [0.1, 0.15) is 0 Å². The Kier molecular flexibility index (Phi) is 5.66. The summed E-state index contributed by atoms with van der Waals surface area (Å²) in [5, 5.41) is 6.54. The molecule has 1 N–H and O–H groups in total. The molecule has 1 fully saturated rings. The average molecular weight is 395 g/mol. The Morgan fingerprint density at radius 3 is 2.57 bits per heavy atom. The summed E-state index contributed by atoms with van der Waals surface area (Å²) in [6.45, 7) is 2.72. The van der Waals surface area contributed by atoms with Gasteiger partial charge in [0.05, 0.1) is 41.8 Å². The molecule has 8 nitrogen and oxygen atoms in total. The van der Waals surface area contributed by atoms with E-state index < -0.39 is 5.24 Å². The molecule has 0 saturated carbocycles. The number of hydrogen-bond donors (Lipinski definition) is 1. The topological polar surface area (TPSA) is 79.2 Å². The van der Waals surface area contributed by atoms with Gasteiger partial charge in [0, 0.05) is 56.6 Å². The summed E-state index contributed by atoms with van der Waals surface area (Å²) in [4.78, 5) is 25.0. The molecule has 4 rings (SSSR count).